The van der Waals surface area contributed by atoms with Gasteiger partial charge in [-0.1, -0.05) is 109 Å². The Morgan fingerprint density at radius 2 is 0.969 bits per heavy atom. The van der Waals surface area contributed by atoms with Gasteiger partial charge in [-0.05, 0) is 74.6 Å². The van der Waals surface area contributed by atoms with E-state index in [0.29, 0.717) is 26.2 Å². The van der Waals surface area contributed by atoms with E-state index < -0.39 is 12.1 Å². The normalized spacial score (nSPS) is 16.8. The van der Waals surface area contributed by atoms with Gasteiger partial charge in [0.05, 0.1) is 23.5 Å². The first kappa shape index (κ1) is 43.4. The quantitative estimate of drug-likeness (QED) is 0.0616. The molecule has 14 nitrogen and oxygen atoms in total. The summed E-state index contributed by atoms with van der Waals surface area (Å²) in [5.74, 6) is 1.16. The number of aryl methyl sites for hydroxylation is 2. The van der Waals surface area contributed by atoms with E-state index in [1.54, 1.807) is 0 Å². The van der Waals surface area contributed by atoms with Crippen LogP contribution in [0.25, 0.3) is 22.5 Å². The minimum Gasteiger partial charge on any atom is -0.346 e. The third-order valence-electron chi connectivity index (χ3n) is 12.1. The molecule has 64 heavy (non-hydrogen) atoms. The molecule has 0 aliphatic carbocycles. The van der Waals surface area contributed by atoms with Crippen LogP contribution in [-0.2, 0) is 22.4 Å². The number of hydrogen-bond donors (Lipinski definition) is 6. The number of likely N-dealkylation sites (tertiary alicyclic amines) is 2. The number of carbonyl (C=O) groups is 4. The van der Waals surface area contributed by atoms with Gasteiger partial charge in [0.15, 0.2) is 0 Å². The summed E-state index contributed by atoms with van der Waals surface area (Å²) >= 11 is 0. The van der Waals surface area contributed by atoms with Gasteiger partial charge in [-0.3, -0.25) is 9.59 Å². The summed E-state index contributed by atoms with van der Waals surface area (Å²) in [5, 5.41) is 11.3. The lowest BCUT2D eigenvalue weighted by molar-refractivity contribution is -0.135. The van der Waals surface area contributed by atoms with Crippen molar-refractivity contribution in [3.8, 4) is 22.5 Å². The molecule has 0 saturated carbocycles. The largest absolute Gasteiger partial charge is 0.346 e. The zero-order valence-electron chi connectivity index (χ0n) is 36.3. The van der Waals surface area contributed by atoms with E-state index in [2.05, 4.69) is 79.8 Å². The number of urea groups is 2. The molecule has 2 aliphatic heterocycles. The maximum absolute atomic E-state index is 14.0. The minimum absolute atomic E-state index is 0.157. The maximum atomic E-state index is 14.0. The summed E-state index contributed by atoms with van der Waals surface area (Å²) in [7, 11) is 0. The molecule has 2 saturated heterocycles. The van der Waals surface area contributed by atoms with E-state index in [0.717, 1.165) is 83.8 Å². The molecule has 2 aliphatic rings. The molecule has 330 valence electrons. The van der Waals surface area contributed by atoms with Gasteiger partial charge in [-0.2, -0.15) is 0 Å². The van der Waals surface area contributed by atoms with Crippen molar-refractivity contribution in [3.63, 3.8) is 0 Å². The summed E-state index contributed by atoms with van der Waals surface area (Å²) in [6.07, 6.45) is 8.78. The fourth-order valence-corrected chi connectivity index (χ4v) is 8.80. The molecule has 6 N–H and O–H groups in total. The molecule has 6 amide bonds. The summed E-state index contributed by atoms with van der Waals surface area (Å²) in [5.41, 5.74) is 7.50. The number of aromatic amines is 2. The van der Waals surface area contributed by atoms with Crippen molar-refractivity contribution in [2.24, 2.45) is 0 Å². The van der Waals surface area contributed by atoms with Crippen LogP contribution in [0.4, 0.5) is 9.59 Å². The molecule has 6 aromatic rings. The highest BCUT2D eigenvalue weighted by Crippen LogP contribution is 2.36. The van der Waals surface area contributed by atoms with Crippen molar-refractivity contribution in [1.29, 1.82) is 0 Å². The summed E-state index contributed by atoms with van der Waals surface area (Å²) < 4.78 is 0. The van der Waals surface area contributed by atoms with Crippen LogP contribution < -0.4 is 21.3 Å². The highest BCUT2D eigenvalue weighted by atomic mass is 16.2. The number of imidazole rings is 2. The summed E-state index contributed by atoms with van der Waals surface area (Å²) in [4.78, 5) is 73.4. The third-order valence-corrected chi connectivity index (χ3v) is 12.1. The Morgan fingerprint density at radius 3 is 1.34 bits per heavy atom. The molecule has 2 fully saturated rings. The number of amides is 6. The molecule has 2 aromatic heterocycles. The van der Waals surface area contributed by atoms with Crippen LogP contribution in [0.1, 0.15) is 97.6 Å². The lowest BCUT2D eigenvalue weighted by Gasteiger charge is -2.28. The van der Waals surface area contributed by atoms with Gasteiger partial charge in [-0.15, -0.1) is 0 Å². The van der Waals surface area contributed by atoms with Crippen LogP contribution in [0, 0.1) is 0 Å². The first-order valence-corrected chi connectivity index (χ1v) is 22.4. The Labute approximate surface area is 373 Å². The van der Waals surface area contributed by atoms with Crippen molar-refractivity contribution in [3.05, 3.63) is 155 Å². The van der Waals surface area contributed by atoms with Crippen LogP contribution in [0.3, 0.4) is 0 Å². The van der Waals surface area contributed by atoms with Crippen LogP contribution in [0.15, 0.2) is 122 Å². The molecular weight excluding hydrogens is 805 g/mol. The van der Waals surface area contributed by atoms with Crippen molar-refractivity contribution in [1.82, 2.24) is 51.0 Å². The number of nitrogens with zero attached hydrogens (tertiary/aromatic N) is 4. The second-order valence-electron chi connectivity index (χ2n) is 16.3. The van der Waals surface area contributed by atoms with Gasteiger partial charge in [0.25, 0.3) is 0 Å². The number of benzene rings is 4. The molecule has 0 radical (unpaired) electrons. The Hall–Kier alpha value is -7.22. The fraction of sp³-hybridized carbons (Fsp3) is 0.320. The second kappa shape index (κ2) is 20.3. The van der Waals surface area contributed by atoms with Gasteiger partial charge in [0, 0.05) is 49.7 Å². The molecule has 0 bridgehead atoms. The lowest BCUT2D eigenvalue weighted by atomic mass is 10.0. The molecule has 4 heterocycles. The topological polar surface area (TPSA) is 180 Å². The molecule has 8 rings (SSSR count). The van der Waals surface area contributed by atoms with Crippen LogP contribution in [-0.4, -0.2) is 79.8 Å². The number of rotatable bonds is 15. The Morgan fingerprint density at radius 1 is 0.578 bits per heavy atom. The first-order valence-electron chi connectivity index (χ1n) is 22.4. The molecule has 4 atom stereocenters. The van der Waals surface area contributed by atoms with Gasteiger partial charge in [0.1, 0.15) is 23.7 Å². The number of hydrogen-bond acceptors (Lipinski definition) is 6. The predicted octanol–water partition coefficient (Wildman–Crippen LogP) is 7.70. The molecule has 4 aromatic carbocycles. The zero-order chi connectivity index (χ0) is 44.4. The molecule has 0 spiro atoms. The van der Waals surface area contributed by atoms with Gasteiger partial charge in [0.2, 0.25) is 11.8 Å². The Kier molecular flexibility index (Phi) is 13.8. The highest BCUT2D eigenvalue weighted by Gasteiger charge is 2.38. The molecular formula is C50H56N10O4. The number of aromatic nitrogens is 4. The Balaban J connectivity index is 0.868. The van der Waals surface area contributed by atoms with Crippen LogP contribution >= 0.6 is 0 Å². The monoisotopic (exact) mass is 860 g/mol. The minimum atomic E-state index is -0.808. The summed E-state index contributed by atoms with van der Waals surface area (Å²) in [6, 6.07) is 32.8. The van der Waals surface area contributed by atoms with Crippen LogP contribution in [0.5, 0.6) is 0 Å². The number of nitrogens with one attached hydrogen (secondary N) is 6. The van der Waals surface area contributed by atoms with E-state index in [-0.39, 0.29) is 36.0 Å². The van der Waals surface area contributed by atoms with Crippen molar-refractivity contribution < 1.29 is 19.2 Å². The lowest BCUT2D eigenvalue weighted by Crippen LogP contribution is -2.46. The zero-order valence-corrected chi connectivity index (χ0v) is 36.3. The van der Waals surface area contributed by atoms with Gasteiger partial charge in [-0.25, -0.2) is 19.6 Å². The van der Waals surface area contributed by atoms with E-state index in [9.17, 15) is 19.2 Å². The average molecular weight is 861 g/mol. The predicted molar refractivity (Wildman–Crippen MR) is 246 cm³/mol. The smallest absolute Gasteiger partial charge is 0.315 e. The van der Waals surface area contributed by atoms with Crippen molar-refractivity contribution >= 4 is 23.9 Å². The number of carbonyl (C=O) groups excluding carboxylic acids is 4. The number of H-pyrrole nitrogens is 2. The van der Waals surface area contributed by atoms with Gasteiger partial charge >= 0.3 is 12.1 Å². The molecule has 14 heteroatoms. The Bertz CT molecular complexity index is 2330. The van der Waals surface area contributed by atoms with E-state index in [1.807, 2.05) is 96.7 Å². The van der Waals surface area contributed by atoms with Crippen molar-refractivity contribution in [2.75, 3.05) is 26.2 Å². The second-order valence-corrected chi connectivity index (χ2v) is 16.3. The fourth-order valence-electron chi connectivity index (χ4n) is 8.80. The van der Waals surface area contributed by atoms with Gasteiger partial charge < -0.3 is 41.0 Å². The van der Waals surface area contributed by atoms with Crippen molar-refractivity contribution in [2.45, 2.75) is 76.5 Å². The summed E-state index contributed by atoms with van der Waals surface area (Å²) in [6.45, 7) is 5.77. The van der Waals surface area contributed by atoms with E-state index >= 15 is 0 Å². The maximum Gasteiger partial charge on any atom is 0.315 e. The van der Waals surface area contributed by atoms with E-state index in [4.69, 9.17) is 9.97 Å². The highest BCUT2D eigenvalue weighted by molar-refractivity contribution is 5.89. The van der Waals surface area contributed by atoms with Crippen LogP contribution in [0.2, 0.25) is 0 Å². The third kappa shape index (κ3) is 10.0. The standard InChI is InChI=1S/C50H56N10O4/c1-3-51-49(63)57-43(37-13-7-5-8-14-37)47(61)59-29-11-17-41(59)45-53-31-39(55-45)35-25-21-33(22-26-35)19-20-34-23-27-36(28-24-34)40-32-54-46(56-40)42-18-12-30-60(42)48(62)44(58-50(64)52-4-2)38-15-9-6-10-16-38/h5-10,13-16,21-28,31-32,41-44H,3-4,11-12,17-20,29-30H2,1-2H3,(H,53,55)(H,54,56)(H2,51,57,63)(H2,52,58,64)/t41-,42-,43+,44+/m0/s1. The first-order chi connectivity index (χ1) is 31.3. The SMILES string of the molecule is CCNC(=O)N[C@@H](C(=O)N1CCC[C@H]1c1nc(-c2ccc(CCc3ccc(-c4c[nH]c([C@@H]5CCCN5C(=O)[C@H](NC(=O)NCC)c5ccccc5)n4)cc3)cc2)c[nH]1)c1ccccc1. The average Bonchev–Trinajstić information content (AvgIpc) is 4.18. The van der Waals surface area contributed by atoms with E-state index in [1.165, 1.54) is 11.1 Å². The molecule has 0 unspecified atom stereocenters.